The molecule has 280 valence electrons. The fourth-order valence-corrected chi connectivity index (χ4v) is 7.13. The van der Waals surface area contributed by atoms with E-state index in [2.05, 4.69) is 125 Å². The Balaban J connectivity index is 0.000000440. The summed E-state index contributed by atoms with van der Waals surface area (Å²) in [5.41, 5.74) is 13.2. The van der Waals surface area contributed by atoms with Crippen molar-refractivity contribution in [3.63, 3.8) is 0 Å². The van der Waals surface area contributed by atoms with Gasteiger partial charge in [-0.2, -0.15) is 31.4 Å². The third kappa shape index (κ3) is 10.7. The van der Waals surface area contributed by atoms with Crippen LogP contribution in [-0.2, 0) is 47.7 Å². The van der Waals surface area contributed by atoms with Crippen LogP contribution in [0.2, 0.25) is 0 Å². The molecule has 6 heteroatoms. The van der Waals surface area contributed by atoms with Gasteiger partial charge in [0, 0.05) is 5.56 Å². The minimum Gasteiger partial charge on any atom is -0.214 e. The van der Waals surface area contributed by atoms with E-state index in [9.17, 15) is 13.2 Å². The van der Waals surface area contributed by atoms with E-state index < -0.39 is 11.7 Å². The first-order valence-corrected chi connectivity index (χ1v) is 19.1. The standard InChI is InChI=1S/C36H36F3.C7H6.C5H5.2ClH.Zr/c1-21-11-9-10-12-26(21)30-16-23-15-24-17-31(27-18-25(36(37,38)39)14-13-22(27)2)33(35(6,7)8)20-29(24)28(23)19-32(30)34(3,4)5;1-7-5-3-2-4-6-7;1-2-4-5-3-1;;;/h9-14,16,18-20H,15H2,1-8H3;1-6H;1-5H;2*1H;/q-1;;-1;;;+2/p-2. The van der Waals surface area contributed by atoms with E-state index >= 15 is 0 Å². The summed E-state index contributed by atoms with van der Waals surface area (Å²) in [6.45, 7) is 17.1. The van der Waals surface area contributed by atoms with Crippen LogP contribution in [-0.4, -0.2) is 3.71 Å². The number of halogens is 5. The fraction of sp³-hybridized carbons (Fsp3) is 0.250. The Bertz CT molecular complexity index is 2130. The van der Waals surface area contributed by atoms with Gasteiger partial charge in [-0.25, -0.2) is 12.1 Å². The minimum absolute atomic E-state index is 0. The summed E-state index contributed by atoms with van der Waals surface area (Å²) in [5.74, 6) is 0. The molecule has 0 aliphatic heterocycles. The van der Waals surface area contributed by atoms with Crippen molar-refractivity contribution in [2.75, 3.05) is 0 Å². The molecule has 54 heavy (non-hydrogen) atoms. The first-order chi connectivity index (χ1) is 24.5. The molecule has 0 unspecified atom stereocenters. The van der Waals surface area contributed by atoms with Crippen LogP contribution in [0.1, 0.15) is 86.1 Å². The van der Waals surface area contributed by atoms with Crippen LogP contribution < -0.4 is 24.8 Å². The molecule has 0 saturated carbocycles. The molecule has 1 aliphatic carbocycles. The van der Waals surface area contributed by atoms with Crippen molar-refractivity contribution in [1.82, 2.24) is 0 Å². The van der Waals surface area contributed by atoms with Gasteiger partial charge in [0.1, 0.15) is 0 Å². The van der Waals surface area contributed by atoms with Crippen LogP contribution in [0, 0.1) is 19.9 Å². The normalized spacial score (nSPS) is 11.7. The van der Waals surface area contributed by atoms with Crippen molar-refractivity contribution in [2.45, 2.75) is 78.8 Å². The second-order valence-corrected chi connectivity index (χ2v) is 16.3. The Hall–Kier alpha value is -3.43. The largest absolute Gasteiger partial charge is 0.214 e. The number of hydrogen-bond acceptors (Lipinski definition) is 0. The van der Waals surface area contributed by atoms with Crippen LogP contribution >= 0.6 is 0 Å². The third-order valence-corrected chi connectivity index (χ3v) is 10.3. The van der Waals surface area contributed by atoms with Crippen LogP contribution in [0.4, 0.5) is 13.2 Å². The maximum atomic E-state index is 13.7. The molecule has 7 rings (SSSR count). The summed E-state index contributed by atoms with van der Waals surface area (Å²) in [5, 5.41) is 0. The SMILES string of the molecule is Cc1ccc(C(F)(F)F)cc1-c1[c-]c2c(cc1C(C)(C)C)-c1cc(C(C)(C)C)c(-c3ccccc3C)cc1C2.[Cl-].[Cl-].[Zr+2]=[CH]c1ccccc1.c1cc[cH-]c1. The smallest absolute Gasteiger partial charge is 0.172 e. The van der Waals surface area contributed by atoms with Crippen molar-refractivity contribution in [2.24, 2.45) is 0 Å². The molecule has 0 nitrogen and oxygen atoms in total. The van der Waals surface area contributed by atoms with Gasteiger partial charge in [-0.05, 0) is 58.9 Å². The number of benzene rings is 5. The van der Waals surface area contributed by atoms with Crippen LogP contribution in [0.25, 0.3) is 33.4 Å². The Morgan fingerprint density at radius 3 is 1.70 bits per heavy atom. The first-order valence-electron chi connectivity index (χ1n) is 17.7. The molecule has 0 bridgehead atoms. The van der Waals surface area contributed by atoms with Crippen molar-refractivity contribution < 1.29 is 62.2 Å². The van der Waals surface area contributed by atoms with Gasteiger partial charge in [-0.3, -0.25) is 0 Å². The van der Waals surface area contributed by atoms with E-state index in [0.717, 1.165) is 27.8 Å². The number of fused-ring (bicyclic) bond motifs is 3. The van der Waals surface area contributed by atoms with E-state index in [0.29, 0.717) is 12.0 Å². The van der Waals surface area contributed by atoms with Gasteiger partial charge < -0.3 is 24.8 Å². The first kappa shape index (κ1) is 45.0. The Labute approximate surface area is 347 Å². The second-order valence-electron chi connectivity index (χ2n) is 15.5. The summed E-state index contributed by atoms with van der Waals surface area (Å²) in [4.78, 5) is 0. The summed E-state index contributed by atoms with van der Waals surface area (Å²) < 4.78 is 43.2. The molecule has 0 saturated heterocycles. The van der Waals surface area contributed by atoms with Gasteiger partial charge in [0.05, 0.1) is 0 Å². The zero-order valence-electron chi connectivity index (χ0n) is 32.2. The maximum absolute atomic E-state index is 13.7. The van der Waals surface area contributed by atoms with E-state index in [1.165, 1.54) is 75.3 Å². The van der Waals surface area contributed by atoms with Gasteiger partial charge in [0.25, 0.3) is 0 Å². The predicted octanol–water partition coefficient (Wildman–Crippen LogP) is 7.42. The summed E-state index contributed by atoms with van der Waals surface area (Å²) in [7, 11) is 0. The molecule has 0 radical (unpaired) electrons. The monoisotopic (exact) mass is 840 g/mol. The number of hydrogen-bond donors (Lipinski definition) is 0. The second kappa shape index (κ2) is 18.5. The number of alkyl halides is 3. The van der Waals surface area contributed by atoms with E-state index in [4.69, 9.17) is 0 Å². The Morgan fingerprint density at radius 1 is 0.611 bits per heavy atom. The third-order valence-electron chi connectivity index (χ3n) is 9.47. The number of aryl methyl sites for hydroxylation is 2. The van der Waals surface area contributed by atoms with E-state index in [1.54, 1.807) is 6.07 Å². The zero-order chi connectivity index (χ0) is 37.8. The molecule has 0 heterocycles. The Kier molecular flexibility index (Phi) is 15.4. The molecular weight excluding hydrogens is 796 g/mol. The molecule has 1 aliphatic rings. The maximum Gasteiger partial charge on any atom is -0.172 e. The summed E-state index contributed by atoms with van der Waals surface area (Å²) in [6, 6.07) is 43.4. The molecular formula is C48H47Cl2F3Zr-2. The molecule has 0 fully saturated rings. The molecule has 0 amide bonds. The summed E-state index contributed by atoms with van der Waals surface area (Å²) >= 11 is 1.46. The minimum atomic E-state index is -4.40. The van der Waals surface area contributed by atoms with Gasteiger partial charge in [-0.1, -0.05) is 118 Å². The average molecular weight is 843 g/mol. The number of rotatable bonds is 3. The predicted molar refractivity (Wildman–Crippen MR) is 210 cm³/mol. The molecule has 0 N–H and O–H groups in total. The van der Waals surface area contributed by atoms with Crippen LogP contribution in [0.3, 0.4) is 0 Å². The van der Waals surface area contributed by atoms with E-state index in [1.807, 2.05) is 43.3 Å². The molecule has 0 atom stereocenters. The molecule has 6 aromatic carbocycles. The fourth-order valence-electron chi connectivity index (χ4n) is 6.66. The molecule has 0 spiro atoms. The van der Waals surface area contributed by atoms with Gasteiger partial charge in [0.15, 0.2) is 0 Å². The van der Waals surface area contributed by atoms with E-state index in [-0.39, 0.29) is 35.6 Å². The van der Waals surface area contributed by atoms with Crippen molar-refractivity contribution in [3.8, 4) is 33.4 Å². The molecule has 0 aromatic heterocycles. The van der Waals surface area contributed by atoms with Crippen LogP contribution in [0.15, 0.2) is 121 Å². The van der Waals surface area contributed by atoms with Gasteiger partial charge in [0.2, 0.25) is 0 Å². The zero-order valence-corrected chi connectivity index (χ0v) is 36.2. The van der Waals surface area contributed by atoms with Crippen molar-refractivity contribution in [3.05, 3.63) is 172 Å². The van der Waals surface area contributed by atoms with Gasteiger partial charge >= 0.3 is 70.0 Å². The quantitative estimate of drug-likeness (QED) is 0.163. The average Bonchev–Trinajstić information content (AvgIpc) is 3.79. The van der Waals surface area contributed by atoms with Crippen LogP contribution in [0.5, 0.6) is 0 Å². The topological polar surface area (TPSA) is 0 Å². The van der Waals surface area contributed by atoms with Crippen molar-refractivity contribution in [1.29, 1.82) is 0 Å². The summed E-state index contributed by atoms with van der Waals surface area (Å²) in [6.07, 6.45) is -3.68. The van der Waals surface area contributed by atoms with Crippen molar-refractivity contribution >= 4 is 3.71 Å². The van der Waals surface area contributed by atoms with Gasteiger partial charge in [-0.15, -0.1) is 28.8 Å². The molecule has 6 aromatic rings. The Morgan fingerprint density at radius 2 is 1.19 bits per heavy atom.